The van der Waals surface area contributed by atoms with E-state index in [2.05, 4.69) is 44.0 Å². The van der Waals surface area contributed by atoms with E-state index in [0.717, 1.165) is 16.2 Å². The van der Waals surface area contributed by atoms with E-state index in [1.165, 1.54) is 11.6 Å². The van der Waals surface area contributed by atoms with Crippen molar-refractivity contribution in [2.24, 2.45) is 0 Å². The maximum atomic E-state index is 13.6. The smallest absolute Gasteiger partial charge is 0.142 e. The van der Waals surface area contributed by atoms with Crippen LogP contribution in [0.5, 0.6) is 0 Å². The molecule has 0 saturated heterocycles. The van der Waals surface area contributed by atoms with Crippen LogP contribution >= 0.6 is 43.5 Å². The van der Waals surface area contributed by atoms with Crippen molar-refractivity contribution in [3.8, 4) is 0 Å². The third-order valence-corrected chi connectivity index (χ3v) is 6.03. The fourth-order valence-corrected chi connectivity index (χ4v) is 4.39. The van der Waals surface area contributed by atoms with Gasteiger partial charge in [-0.3, -0.25) is 0 Å². The Hall–Kier alpha value is -0.380. The second-order valence-corrected chi connectivity index (χ2v) is 6.30. The van der Waals surface area contributed by atoms with Gasteiger partial charge in [0, 0.05) is 16.1 Å². The van der Waals surface area contributed by atoms with Crippen molar-refractivity contribution in [1.29, 1.82) is 0 Å². The molecule has 0 nitrogen and oxygen atoms in total. The van der Waals surface area contributed by atoms with Gasteiger partial charge in [-0.05, 0) is 23.6 Å². The topological polar surface area (TPSA) is 0 Å². The van der Waals surface area contributed by atoms with Crippen LogP contribution in [0.2, 0.25) is 5.02 Å². The Morgan fingerprint density at radius 1 is 0.950 bits per heavy atom. The standard InChI is InChI=1S/C16H14Br2ClF/c17-10-16(11-18,13-6-2-1-3-7-13)9-12-5-4-8-14(20)15(12)19/h1-8H,9-11H2. The number of halogens is 4. The van der Waals surface area contributed by atoms with Gasteiger partial charge in [-0.15, -0.1) is 0 Å². The molecule has 106 valence electrons. The second kappa shape index (κ2) is 7.06. The Bertz CT molecular complexity index is 568. The molecule has 0 aromatic heterocycles. The van der Waals surface area contributed by atoms with Crippen LogP contribution in [-0.2, 0) is 11.8 Å². The molecule has 0 aliphatic heterocycles. The zero-order chi connectivity index (χ0) is 14.6. The van der Waals surface area contributed by atoms with E-state index < -0.39 is 0 Å². The van der Waals surface area contributed by atoms with E-state index >= 15 is 0 Å². The monoisotopic (exact) mass is 418 g/mol. The maximum Gasteiger partial charge on any atom is 0.142 e. The van der Waals surface area contributed by atoms with Gasteiger partial charge in [-0.25, -0.2) is 4.39 Å². The zero-order valence-electron chi connectivity index (χ0n) is 10.8. The third kappa shape index (κ3) is 3.26. The van der Waals surface area contributed by atoms with Gasteiger partial charge in [0.2, 0.25) is 0 Å². The minimum Gasteiger partial charge on any atom is -0.205 e. The first-order chi connectivity index (χ1) is 9.63. The number of alkyl halides is 2. The van der Waals surface area contributed by atoms with Crippen LogP contribution in [0.15, 0.2) is 48.5 Å². The summed E-state index contributed by atoms with van der Waals surface area (Å²) in [6, 6.07) is 15.2. The molecule has 2 rings (SSSR count). The highest BCUT2D eigenvalue weighted by Gasteiger charge is 2.31. The lowest BCUT2D eigenvalue weighted by Crippen LogP contribution is -2.33. The quantitative estimate of drug-likeness (QED) is 0.541. The molecule has 0 atom stereocenters. The molecular weight excluding hydrogens is 406 g/mol. The van der Waals surface area contributed by atoms with Crippen LogP contribution < -0.4 is 0 Å². The van der Waals surface area contributed by atoms with E-state index in [0.29, 0.717) is 6.42 Å². The number of hydrogen-bond acceptors (Lipinski definition) is 0. The minimum absolute atomic E-state index is 0.154. The van der Waals surface area contributed by atoms with Crippen molar-refractivity contribution >= 4 is 43.5 Å². The molecular formula is C16H14Br2ClF. The molecule has 0 unspecified atom stereocenters. The Morgan fingerprint density at radius 3 is 2.20 bits per heavy atom. The van der Waals surface area contributed by atoms with Crippen molar-refractivity contribution in [3.63, 3.8) is 0 Å². The Kier molecular flexibility index (Phi) is 5.65. The molecule has 0 amide bonds. The summed E-state index contributed by atoms with van der Waals surface area (Å²) in [5.74, 6) is -0.365. The van der Waals surface area contributed by atoms with Gasteiger partial charge in [-0.1, -0.05) is 85.9 Å². The molecule has 20 heavy (non-hydrogen) atoms. The summed E-state index contributed by atoms with van der Waals surface area (Å²) in [4.78, 5) is 0. The normalized spacial score (nSPS) is 11.6. The lowest BCUT2D eigenvalue weighted by Gasteiger charge is -2.31. The predicted octanol–water partition coefficient (Wildman–Crippen LogP) is 5.75. The Morgan fingerprint density at radius 2 is 1.60 bits per heavy atom. The highest BCUT2D eigenvalue weighted by Crippen LogP contribution is 2.35. The summed E-state index contributed by atoms with van der Waals surface area (Å²) < 4.78 is 13.6. The van der Waals surface area contributed by atoms with E-state index in [1.807, 2.05) is 24.3 Å². The van der Waals surface area contributed by atoms with Crippen molar-refractivity contribution in [2.45, 2.75) is 11.8 Å². The molecule has 0 N–H and O–H groups in total. The van der Waals surface area contributed by atoms with Gasteiger partial charge in [0.1, 0.15) is 5.82 Å². The minimum atomic E-state index is -0.365. The largest absolute Gasteiger partial charge is 0.205 e. The van der Waals surface area contributed by atoms with E-state index in [1.54, 1.807) is 6.07 Å². The fourth-order valence-electron chi connectivity index (χ4n) is 2.23. The van der Waals surface area contributed by atoms with Gasteiger partial charge < -0.3 is 0 Å². The molecule has 4 heteroatoms. The summed E-state index contributed by atoms with van der Waals surface area (Å²) >= 11 is 13.3. The van der Waals surface area contributed by atoms with E-state index in [9.17, 15) is 4.39 Å². The van der Waals surface area contributed by atoms with Gasteiger partial charge >= 0.3 is 0 Å². The molecule has 0 saturated carbocycles. The van der Waals surface area contributed by atoms with Crippen molar-refractivity contribution in [2.75, 3.05) is 10.7 Å². The van der Waals surface area contributed by atoms with Crippen LogP contribution in [0.1, 0.15) is 11.1 Å². The average Bonchev–Trinajstić information content (AvgIpc) is 2.50. The third-order valence-electron chi connectivity index (χ3n) is 3.46. The van der Waals surface area contributed by atoms with Gasteiger partial charge in [0.15, 0.2) is 0 Å². The predicted molar refractivity (Wildman–Crippen MR) is 90.8 cm³/mol. The number of hydrogen-bond donors (Lipinski definition) is 0. The van der Waals surface area contributed by atoms with Crippen LogP contribution in [0.25, 0.3) is 0 Å². The first-order valence-corrected chi connectivity index (χ1v) is 8.85. The second-order valence-electron chi connectivity index (χ2n) is 4.80. The Balaban J connectivity index is 2.42. The van der Waals surface area contributed by atoms with Gasteiger partial charge in [-0.2, -0.15) is 0 Å². The highest BCUT2D eigenvalue weighted by atomic mass is 79.9. The number of rotatable bonds is 5. The van der Waals surface area contributed by atoms with E-state index in [4.69, 9.17) is 11.6 Å². The van der Waals surface area contributed by atoms with Crippen LogP contribution in [0.3, 0.4) is 0 Å². The number of benzene rings is 2. The zero-order valence-corrected chi connectivity index (χ0v) is 14.7. The average molecular weight is 421 g/mol. The lowest BCUT2D eigenvalue weighted by atomic mass is 9.79. The molecule has 2 aromatic carbocycles. The maximum absolute atomic E-state index is 13.6. The first kappa shape index (κ1) is 16.0. The van der Waals surface area contributed by atoms with E-state index in [-0.39, 0.29) is 16.3 Å². The highest BCUT2D eigenvalue weighted by molar-refractivity contribution is 9.09. The summed E-state index contributed by atoms with van der Waals surface area (Å²) in [5, 5.41) is 1.75. The van der Waals surface area contributed by atoms with Crippen LogP contribution in [0, 0.1) is 5.82 Å². The van der Waals surface area contributed by atoms with Gasteiger partial charge in [0.25, 0.3) is 0 Å². The van der Waals surface area contributed by atoms with Crippen LogP contribution in [-0.4, -0.2) is 10.7 Å². The summed E-state index contributed by atoms with van der Waals surface area (Å²) in [6.07, 6.45) is 0.671. The summed E-state index contributed by atoms with van der Waals surface area (Å²) in [6.45, 7) is 0. The summed E-state index contributed by atoms with van der Waals surface area (Å²) in [7, 11) is 0. The molecule has 0 bridgehead atoms. The van der Waals surface area contributed by atoms with Crippen molar-refractivity contribution in [3.05, 3.63) is 70.5 Å². The molecule has 0 heterocycles. The molecule has 0 fully saturated rings. The molecule has 0 aliphatic carbocycles. The first-order valence-electron chi connectivity index (χ1n) is 6.23. The van der Waals surface area contributed by atoms with Gasteiger partial charge in [0.05, 0.1) is 5.02 Å². The molecule has 0 radical (unpaired) electrons. The lowest BCUT2D eigenvalue weighted by molar-refractivity contribution is 0.547. The Labute approximate surface area is 140 Å². The molecule has 2 aromatic rings. The summed E-state index contributed by atoms with van der Waals surface area (Å²) in [5.41, 5.74) is 1.88. The molecule has 0 aliphatic rings. The SMILES string of the molecule is Fc1cccc(CC(CBr)(CBr)c2ccccc2)c1Cl. The van der Waals surface area contributed by atoms with Crippen molar-refractivity contribution < 1.29 is 4.39 Å². The van der Waals surface area contributed by atoms with Crippen LogP contribution in [0.4, 0.5) is 4.39 Å². The molecule has 0 spiro atoms. The van der Waals surface area contributed by atoms with Crippen molar-refractivity contribution in [1.82, 2.24) is 0 Å². The fraction of sp³-hybridized carbons (Fsp3) is 0.250.